The van der Waals surface area contributed by atoms with Gasteiger partial charge in [0, 0.05) is 18.3 Å². The highest BCUT2D eigenvalue weighted by Crippen LogP contribution is 2.16. The summed E-state index contributed by atoms with van der Waals surface area (Å²) < 4.78 is 36.0. The monoisotopic (exact) mass is 291 g/mol. The van der Waals surface area contributed by atoms with Crippen molar-refractivity contribution in [3.05, 3.63) is 29.8 Å². The Kier molecular flexibility index (Phi) is 4.71. The molecular formula is C11H12F3N3OS. The molecule has 0 spiro atoms. The Bertz CT molecular complexity index is 490. The molecule has 0 saturated heterocycles. The zero-order chi connectivity index (χ0) is 14.6. The molecule has 1 rings (SSSR count). The normalized spacial score (nSPS) is 10.9. The van der Waals surface area contributed by atoms with Gasteiger partial charge in [-0.2, -0.15) is 13.2 Å². The lowest BCUT2D eigenvalue weighted by atomic mass is 10.2. The van der Waals surface area contributed by atoms with Crippen LogP contribution in [-0.4, -0.2) is 30.8 Å². The Hall–Kier alpha value is -1.83. The maximum Gasteiger partial charge on any atom is 0.405 e. The molecule has 0 saturated carbocycles. The Labute approximate surface area is 113 Å². The fourth-order valence-corrected chi connectivity index (χ4v) is 1.41. The number of nitrogens with zero attached hydrogens (tertiary/aromatic N) is 1. The van der Waals surface area contributed by atoms with Crippen LogP contribution in [0.15, 0.2) is 24.3 Å². The van der Waals surface area contributed by atoms with E-state index >= 15 is 0 Å². The van der Waals surface area contributed by atoms with E-state index in [2.05, 4.69) is 0 Å². The number of amides is 2. The van der Waals surface area contributed by atoms with Crippen molar-refractivity contribution in [2.45, 2.75) is 6.18 Å². The molecule has 0 heterocycles. The third kappa shape index (κ3) is 4.74. The average molecular weight is 291 g/mol. The van der Waals surface area contributed by atoms with Crippen molar-refractivity contribution in [2.24, 2.45) is 5.73 Å². The summed E-state index contributed by atoms with van der Waals surface area (Å²) in [7, 11) is 1.35. The molecule has 1 aromatic rings. The predicted molar refractivity (Wildman–Crippen MR) is 70.2 cm³/mol. The molecule has 0 unspecified atom stereocenters. The van der Waals surface area contributed by atoms with Gasteiger partial charge in [-0.05, 0) is 12.1 Å². The molecule has 0 aliphatic rings. The van der Waals surface area contributed by atoms with Crippen LogP contribution in [0.4, 0.5) is 23.7 Å². The van der Waals surface area contributed by atoms with E-state index in [0.29, 0.717) is 11.3 Å². The van der Waals surface area contributed by atoms with Crippen molar-refractivity contribution in [2.75, 3.05) is 18.5 Å². The van der Waals surface area contributed by atoms with Crippen molar-refractivity contribution >= 4 is 28.9 Å². The van der Waals surface area contributed by atoms with Gasteiger partial charge in [-0.3, -0.25) is 4.90 Å². The number of carbonyl (C=O) groups excluding carboxylic acids is 1. The Morgan fingerprint density at radius 3 is 2.63 bits per heavy atom. The van der Waals surface area contributed by atoms with Gasteiger partial charge in [-0.15, -0.1) is 0 Å². The Morgan fingerprint density at radius 2 is 2.11 bits per heavy atom. The van der Waals surface area contributed by atoms with E-state index in [1.807, 2.05) is 0 Å². The van der Waals surface area contributed by atoms with Gasteiger partial charge in [0.25, 0.3) is 0 Å². The van der Waals surface area contributed by atoms with E-state index in [4.69, 9.17) is 18.0 Å². The van der Waals surface area contributed by atoms with Crippen LogP contribution in [0.5, 0.6) is 0 Å². The van der Waals surface area contributed by atoms with Gasteiger partial charge in [0.1, 0.15) is 11.5 Å². The molecule has 1 aromatic carbocycles. The molecule has 0 aliphatic carbocycles. The van der Waals surface area contributed by atoms with Gasteiger partial charge >= 0.3 is 12.2 Å². The first-order valence-electron chi connectivity index (χ1n) is 5.19. The number of carbonyl (C=O) groups is 1. The first-order valence-corrected chi connectivity index (χ1v) is 5.60. The van der Waals surface area contributed by atoms with Crippen LogP contribution in [0, 0.1) is 0 Å². The van der Waals surface area contributed by atoms with E-state index in [0.717, 1.165) is 4.90 Å². The number of hydrogen-bond donors (Lipinski definition) is 2. The second-order valence-corrected chi connectivity index (χ2v) is 4.19. The van der Waals surface area contributed by atoms with E-state index in [-0.39, 0.29) is 4.99 Å². The van der Waals surface area contributed by atoms with E-state index in [1.54, 1.807) is 23.5 Å². The van der Waals surface area contributed by atoms with E-state index in [9.17, 15) is 18.0 Å². The van der Waals surface area contributed by atoms with Crippen molar-refractivity contribution in [1.29, 1.82) is 0 Å². The summed E-state index contributed by atoms with van der Waals surface area (Å²) in [5.74, 6) is 0. The highest BCUT2D eigenvalue weighted by atomic mass is 32.1. The van der Waals surface area contributed by atoms with Crippen LogP contribution in [0.1, 0.15) is 5.56 Å². The smallest absolute Gasteiger partial charge is 0.389 e. The Morgan fingerprint density at radius 1 is 1.47 bits per heavy atom. The Balaban J connectivity index is 2.77. The summed E-state index contributed by atoms with van der Waals surface area (Å²) in [6.45, 7) is -1.38. The van der Waals surface area contributed by atoms with Crippen molar-refractivity contribution in [3.63, 3.8) is 0 Å². The predicted octanol–water partition coefficient (Wildman–Crippen LogP) is 2.03. The zero-order valence-corrected chi connectivity index (χ0v) is 10.8. The van der Waals surface area contributed by atoms with Crippen molar-refractivity contribution in [3.8, 4) is 0 Å². The first kappa shape index (κ1) is 15.2. The number of anilines is 1. The zero-order valence-electron chi connectivity index (χ0n) is 9.99. The minimum atomic E-state index is -4.45. The number of rotatable bonds is 3. The van der Waals surface area contributed by atoms with Gasteiger partial charge in [0.15, 0.2) is 0 Å². The van der Waals surface area contributed by atoms with Gasteiger partial charge < -0.3 is 11.1 Å². The first-order chi connectivity index (χ1) is 8.70. The SMILES string of the molecule is CN(C(=O)NCC(F)(F)F)c1cccc(C(N)=S)c1. The van der Waals surface area contributed by atoms with Crippen LogP contribution >= 0.6 is 12.2 Å². The van der Waals surface area contributed by atoms with Gasteiger partial charge in [-0.25, -0.2) is 4.79 Å². The highest BCUT2D eigenvalue weighted by Gasteiger charge is 2.28. The van der Waals surface area contributed by atoms with Gasteiger partial charge in [0.05, 0.1) is 0 Å². The molecule has 2 amide bonds. The maximum absolute atomic E-state index is 12.0. The van der Waals surface area contributed by atoms with E-state index < -0.39 is 18.8 Å². The van der Waals surface area contributed by atoms with Crippen LogP contribution in [0.2, 0.25) is 0 Å². The quantitative estimate of drug-likeness (QED) is 0.838. The van der Waals surface area contributed by atoms with Gasteiger partial charge in [-0.1, -0.05) is 24.4 Å². The number of benzene rings is 1. The molecule has 4 nitrogen and oxygen atoms in total. The van der Waals surface area contributed by atoms with Gasteiger partial charge in [0.2, 0.25) is 0 Å². The second kappa shape index (κ2) is 5.87. The van der Waals surface area contributed by atoms with Crippen molar-refractivity contribution in [1.82, 2.24) is 5.32 Å². The minimum absolute atomic E-state index is 0.144. The summed E-state index contributed by atoms with van der Waals surface area (Å²) in [6.07, 6.45) is -4.45. The summed E-state index contributed by atoms with van der Waals surface area (Å²) in [6, 6.07) is 5.48. The number of hydrogen-bond acceptors (Lipinski definition) is 2. The topological polar surface area (TPSA) is 58.4 Å². The lowest BCUT2D eigenvalue weighted by Crippen LogP contribution is -2.42. The fraction of sp³-hybridized carbons (Fsp3) is 0.273. The van der Waals surface area contributed by atoms with Crippen LogP contribution in [0.3, 0.4) is 0 Å². The summed E-state index contributed by atoms with van der Waals surface area (Å²) >= 11 is 4.78. The fourth-order valence-electron chi connectivity index (χ4n) is 1.28. The minimum Gasteiger partial charge on any atom is -0.389 e. The summed E-state index contributed by atoms with van der Waals surface area (Å²) in [5, 5.41) is 1.77. The standard InChI is InChI=1S/C11H12F3N3OS/c1-17(10(18)16-6-11(12,13)14)8-4-2-3-7(5-8)9(15)19/h2-5H,6H2,1H3,(H2,15,19)(H,16,18). The van der Waals surface area contributed by atoms with Crippen LogP contribution < -0.4 is 16.0 Å². The number of nitrogens with one attached hydrogen (secondary N) is 1. The largest absolute Gasteiger partial charge is 0.405 e. The lowest BCUT2D eigenvalue weighted by Gasteiger charge is -2.19. The van der Waals surface area contributed by atoms with Crippen molar-refractivity contribution < 1.29 is 18.0 Å². The van der Waals surface area contributed by atoms with E-state index in [1.165, 1.54) is 13.1 Å². The molecule has 0 bridgehead atoms. The third-order valence-corrected chi connectivity index (χ3v) is 2.50. The molecule has 0 atom stereocenters. The molecule has 0 fully saturated rings. The number of urea groups is 1. The molecule has 8 heteroatoms. The summed E-state index contributed by atoms with van der Waals surface area (Å²) in [5.41, 5.74) is 6.36. The molecular weight excluding hydrogens is 279 g/mol. The third-order valence-electron chi connectivity index (χ3n) is 2.26. The average Bonchev–Trinajstić information content (AvgIpc) is 2.34. The lowest BCUT2D eigenvalue weighted by molar-refractivity contribution is -0.122. The number of nitrogens with two attached hydrogens (primary N) is 1. The number of thiocarbonyl (C=S) groups is 1. The highest BCUT2D eigenvalue weighted by molar-refractivity contribution is 7.80. The molecule has 0 radical (unpaired) electrons. The second-order valence-electron chi connectivity index (χ2n) is 3.75. The van der Waals surface area contributed by atoms with Crippen LogP contribution in [-0.2, 0) is 0 Å². The molecule has 0 aromatic heterocycles. The molecule has 3 N–H and O–H groups in total. The maximum atomic E-state index is 12.0. The summed E-state index contributed by atoms with van der Waals surface area (Å²) in [4.78, 5) is 12.7. The molecule has 19 heavy (non-hydrogen) atoms. The molecule has 0 aliphatic heterocycles. The number of halogens is 3. The number of alkyl halides is 3. The van der Waals surface area contributed by atoms with Crippen LogP contribution in [0.25, 0.3) is 0 Å². The molecule has 104 valence electrons.